The molecule has 15 heavy (non-hydrogen) atoms. The van der Waals surface area contributed by atoms with Crippen molar-refractivity contribution in [2.75, 3.05) is 6.54 Å². The maximum Gasteiger partial charge on any atom is 0.259 e. The van der Waals surface area contributed by atoms with E-state index < -0.39 is 10.0 Å². The molecule has 0 radical (unpaired) electrons. The van der Waals surface area contributed by atoms with Gasteiger partial charge in [-0.25, -0.2) is 13.1 Å². The first kappa shape index (κ1) is 12.5. The molecule has 0 spiro atoms. The van der Waals surface area contributed by atoms with Gasteiger partial charge in [0.05, 0.1) is 11.2 Å². The molecule has 0 saturated heterocycles. The van der Waals surface area contributed by atoms with E-state index in [2.05, 4.69) is 16.4 Å². The molecule has 1 N–H and O–H groups in total. The fourth-order valence-electron chi connectivity index (χ4n) is 0.943. The molecule has 1 aromatic heterocycles. The van der Waals surface area contributed by atoms with Crippen LogP contribution < -0.4 is 4.72 Å². The molecule has 0 aromatic carbocycles. The molecule has 8 heteroatoms. The molecule has 1 rings (SSSR count). The van der Waals surface area contributed by atoms with Crippen LogP contribution in [0.5, 0.6) is 0 Å². The lowest BCUT2D eigenvalue weighted by molar-refractivity contribution is 0.566. The van der Waals surface area contributed by atoms with E-state index in [-0.39, 0.29) is 21.6 Å². The van der Waals surface area contributed by atoms with E-state index >= 15 is 0 Å². The highest BCUT2D eigenvalue weighted by Crippen LogP contribution is 2.19. The van der Waals surface area contributed by atoms with E-state index in [0.29, 0.717) is 0 Å². The molecule has 0 aliphatic carbocycles. The van der Waals surface area contributed by atoms with Gasteiger partial charge in [0.25, 0.3) is 10.0 Å². The van der Waals surface area contributed by atoms with Gasteiger partial charge in [-0.15, -0.1) is 0 Å². The highest BCUT2D eigenvalue weighted by atomic mass is 35.5. The Kier molecular flexibility index (Phi) is 3.77. The van der Waals surface area contributed by atoms with Gasteiger partial charge < -0.3 is 0 Å². The molecule has 0 aliphatic heterocycles. The third-order valence-electron chi connectivity index (χ3n) is 1.55. The summed E-state index contributed by atoms with van der Waals surface area (Å²) in [5.41, 5.74) is 0. The van der Waals surface area contributed by atoms with Gasteiger partial charge in [0, 0.05) is 18.6 Å². The Bertz CT molecular complexity index is 461. The number of nitrogens with one attached hydrogen (secondary N) is 1. The lowest BCUT2D eigenvalue weighted by Gasteiger charge is -2.06. The molecule has 0 bridgehead atoms. The third-order valence-corrected chi connectivity index (χ3v) is 3.59. The lowest BCUT2D eigenvalue weighted by atomic mass is 10.7. The largest absolute Gasteiger partial charge is 0.259 e. The van der Waals surface area contributed by atoms with Crippen molar-refractivity contribution in [1.29, 1.82) is 0 Å². The predicted octanol–water partition coefficient (Wildman–Crippen LogP) is 1.10. The van der Waals surface area contributed by atoms with Crippen LogP contribution in [0.15, 0.2) is 22.8 Å². The number of sulfonamides is 1. The number of aromatic nitrogens is 2. The summed E-state index contributed by atoms with van der Waals surface area (Å²) < 4.78 is 26.8. The predicted molar refractivity (Wildman–Crippen MR) is 58.4 cm³/mol. The van der Waals surface area contributed by atoms with Gasteiger partial charge in [0.2, 0.25) is 0 Å². The van der Waals surface area contributed by atoms with Crippen molar-refractivity contribution in [3.63, 3.8) is 0 Å². The molecule has 0 atom stereocenters. The average Bonchev–Trinajstić information content (AvgIpc) is 2.43. The first-order valence-electron chi connectivity index (χ1n) is 3.85. The Morgan fingerprint density at radius 1 is 1.73 bits per heavy atom. The number of aryl methyl sites for hydroxylation is 1. The molecular weight excluding hydrogens is 261 g/mol. The van der Waals surface area contributed by atoms with Crippen molar-refractivity contribution >= 4 is 33.2 Å². The van der Waals surface area contributed by atoms with Crippen molar-refractivity contribution in [2.24, 2.45) is 7.05 Å². The van der Waals surface area contributed by atoms with Crippen LogP contribution in [0.25, 0.3) is 0 Å². The van der Waals surface area contributed by atoms with Crippen molar-refractivity contribution in [3.8, 4) is 0 Å². The second-order valence-corrected chi connectivity index (χ2v) is 5.39. The molecule has 0 fully saturated rings. The van der Waals surface area contributed by atoms with Gasteiger partial charge in [-0.05, 0) is 0 Å². The van der Waals surface area contributed by atoms with Gasteiger partial charge in [-0.1, -0.05) is 29.8 Å². The van der Waals surface area contributed by atoms with Crippen molar-refractivity contribution in [2.45, 2.75) is 5.03 Å². The molecule has 84 valence electrons. The van der Waals surface area contributed by atoms with Crippen LogP contribution >= 0.6 is 23.2 Å². The molecule has 0 aliphatic rings. The second kappa shape index (κ2) is 4.52. The summed E-state index contributed by atoms with van der Waals surface area (Å²) in [6.07, 6.45) is 1.26. The second-order valence-electron chi connectivity index (χ2n) is 2.76. The summed E-state index contributed by atoms with van der Waals surface area (Å²) in [6, 6.07) is 0. The number of hydrogen-bond acceptors (Lipinski definition) is 3. The van der Waals surface area contributed by atoms with E-state index in [4.69, 9.17) is 23.2 Å². The Hall–Kier alpha value is -0.560. The first-order valence-corrected chi connectivity index (χ1v) is 6.09. The van der Waals surface area contributed by atoms with Gasteiger partial charge in [0.1, 0.15) is 0 Å². The van der Waals surface area contributed by atoms with Crippen LogP contribution in [0.4, 0.5) is 0 Å². The molecule has 1 heterocycles. The van der Waals surface area contributed by atoms with Gasteiger partial charge in [0.15, 0.2) is 5.03 Å². The van der Waals surface area contributed by atoms with Crippen LogP contribution in [0.1, 0.15) is 0 Å². The minimum atomic E-state index is -3.70. The molecule has 0 unspecified atom stereocenters. The fourth-order valence-corrected chi connectivity index (χ4v) is 2.77. The molecule has 1 aromatic rings. The van der Waals surface area contributed by atoms with Gasteiger partial charge in [-0.2, -0.15) is 5.10 Å². The average molecular weight is 270 g/mol. The minimum absolute atomic E-state index is 0.0502. The highest BCUT2D eigenvalue weighted by molar-refractivity contribution is 7.89. The lowest BCUT2D eigenvalue weighted by Crippen LogP contribution is -2.27. The van der Waals surface area contributed by atoms with Crippen LogP contribution in [0.3, 0.4) is 0 Å². The Labute approximate surface area is 97.7 Å². The van der Waals surface area contributed by atoms with Gasteiger partial charge >= 0.3 is 0 Å². The molecule has 5 nitrogen and oxygen atoms in total. The number of nitrogens with zero attached hydrogens (tertiary/aromatic N) is 2. The van der Waals surface area contributed by atoms with E-state index in [1.165, 1.54) is 17.9 Å². The van der Waals surface area contributed by atoms with E-state index in [9.17, 15) is 8.42 Å². The maximum atomic E-state index is 11.7. The third kappa shape index (κ3) is 2.94. The van der Waals surface area contributed by atoms with Crippen LogP contribution in [0, 0.1) is 0 Å². The molecule has 0 amide bonds. The number of halogens is 2. The summed E-state index contributed by atoms with van der Waals surface area (Å²) in [5.74, 6) is 0. The van der Waals surface area contributed by atoms with E-state index in [0.717, 1.165) is 0 Å². The summed E-state index contributed by atoms with van der Waals surface area (Å²) in [6.45, 7) is 3.32. The zero-order valence-electron chi connectivity index (χ0n) is 7.87. The number of rotatable bonds is 4. The quantitative estimate of drug-likeness (QED) is 0.891. The van der Waals surface area contributed by atoms with Crippen molar-refractivity contribution < 1.29 is 8.42 Å². The molecule has 0 saturated carbocycles. The van der Waals surface area contributed by atoms with Crippen LogP contribution in [0.2, 0.25) is 5.02 Å². The Balaban J connectivity index is 3.01. The SMILES string of the molecule is C=C(Cl)CNS(=O)(=O)c1c(Cl)cnn1C. The molecular formula is C7H9Cl2N3O2S. The zero-order chi connectivity index (χ0) is 11.6. The Morgan fingerprint density at radius 2 is 2.33 bits per heavy atom. The summed E-state index contributed by atoms with van der Waals surface area (Å²) in [5, 5.41) is 3.88. The van der Waals surface area contributed by atoms with E-state index in [1.54, 1.807) is 0 Å². The van der Waals surface area contributed by atoms with Gasteiger partial charge in [-0.3, -0.25) is 4.68 Å². The van der Waals surface area contributed by atoms with Crippen molar-refractivity contribution in [3.05, 3.63) is 22.8 Å². The van der Waals surface area contributed by atoms with Crippen LogP contribution in [-0.2, 0) is 17.1 Å². The standard InChI is InChI=1S/C7H9Cl2N3O2S/c1-5(8)3-11-15(13,14)7-6(9)4-10-12(7)2/h4,11H,1,3H2,2H3. The maximum absolute atomic E-state index is 11.7. The Morgan fingerprint density at radius 3 is 2.73 bits per heavy atom. The zero-order valence-corrected chi connectivity index (χ0v) is 10.2. The van der Waals surface area contributed by atoms with Crippen molar-refractivity contribution in [1.82, 2.24) is 14.5 Å². The topological polar surface area (TPSA) is 64.0 Å². The summed E-state index contributed by atoms with van der Waals surface area (Å²) in [4.78, 5) is 0. The minimum Gasteiger partial charge on any atom is -0.255 e. The first-order chi connectivity index (χ1) is 6.84. The highest BCUT2D eigenvalue weighted by Gasteiger charge is 2.22. The summed E-state index contributed by atoms with van der Waals surface area (Å²) in [7, 11) is -2.22. The van der Waals surface area contributed by atoms with E-state index in [1.807, 2.05) is 0 Å². The number of hydrogen-bond donors (Lipinski definition) is 1. The van der Waals surface area contributed by atoms with Crippen LogP contribution in [-0.4, -0.2) is 24.7 Å². The normalized spacial score (nSPS) is 11.7. The smallest absolute Gasteiger partial charge is 0.255 e. The summed E-state index contributed by atoms with van der Waals surface area (Å²) >= 11 is 11.1. The monoisotopic (exact) mass is 269 g/mol. The fraction of sp³-hybridized carbons (Fsp3) is 0.286.